The second-order valence-corrected chi connectivity index (χ2v) is 8.21. The van der Waals surface area contributed by atoms with E-state index in [0.29, 0.717) is 0 Å². The first-order valence-electron chi connectivity index (χ1n) is 10.7. The average molecular weight is 743 g/mol. The zero-order chi connectivity index (χ0) is 29.2. The summed E-state index contributed by atoms with van der Waals surface area (Å²) in [6.45, 7) is 3.98. The molecule has 0 spiro atoms. The zero-order valence-electron chi connectivity index (χ0n) is 21.5. The molecule has 7 nitrogen and oxygen atoms in total. The Hall–Kier alpha value is -2.99. The largest absolute Gasteiger partial charge is 0.522 e. The molecule has 2 aromatic heterocycles. The molecule has 215 valence electrons. The molecule has 0 saturated carbocycles. The van der Waals surface area contributed by atoms with Crippen LogP contribution in [0.15, 0.2) is 84.9 Å². The molecule has 1 radical (unpaired) electrons. The van der Waals surface area contributed by atoms with E-state index in [2.05, 4.69) is 22.1 Å². The molecule has 0 aliphatic carbocycles. The maximum absolute atomic E-state index is 10.7. The van der Waals surface area contributed by atoms with Crippen LogP contribution in [0.5, 0.6) is 0 Å². The van der Waals surface area contributed by atoms with Crippen molar-refractivity contribution in [3.63, 3.8) is 0 Å². The van der Waals surface area contributed by atoms with Gasteiger partial charge in [0.2, 0.25) is 0 Å². The van der Waals surface area contributed by atoms with Crippen LogP contribution in [0, 0.1) is 26.0 Å². The van der Waals surface area contributed by atoms with Crippen molar-refractivity contribution in [1.29, 1.82) is 0 Å². The Morgan fingerprint density at radius 2 is 1.00 bits per heavy atom. The molecule has 0 bridgehead atoms. The summed E-state index contributed by atoms with van der Waals surface area (Å²) in [6, 6.07) is 34.0. The summed E-state index contributed by atoms with van der Waals surface area (Å²) in [5, 5.41) is 14.0. The first kappa shape index (κ1) is 38.2. The van der Waals surface area contributed by atoms with Crippen molar-refractivity contribution in [2.75, 3.05) is 14.2 Å². The third-order valence-electron chi connectivity index (χ3n) is 4.04. The van der Waals surface area contributed by atoms with Gasteiger partial charge in [-0.2, -0.15) is 21.6 Å². The van der Waals surface area contributed by atoms with E-state index in [1.54, 1.807) is 0 Å². The normalized spacial score (nSPS) is 9.79. The molecule has 39 heavy (non-hydrogen) atoms. The fourth-order valence-electron chi connectivity index (χ4n) is 2.49. The standard InChI is InChI=1S/2C12H10N.CHF3O3S.2CH4O.Ir/c2*1-10-6-5-9-12(13-10)11-7-3-2-4-8-11;2-1(3,4)8(5,6)7;2*1-2;/h2*2-7,9H,1H3;(H,5,6,7);2*2H,1H3;/q2*-1;;;;. The molecule has 0 saturated heterocycles. The third kappa shape index (κ3) is 15.3. The van der Waals surface area contributed by atoms with Crippen LogP contribution in [0.2, 0.25) is 0 Å². The van der Waals surface area contributed by atoms with Gasteiger partial charge in [0.25, 0.3) is 0 Å². The quantitative estimate of drug-likeness (QED) is 0.145. The van der Waals surface area contributed by atoms with Crippen LogP contribution >= 0.6 is 0 Å². The summed E-state index contributed by atoms with van der Waals surface area (Å²) in [7, 11) is -3.84. The number of nitrogens with zero attached hydrogens (tertiary/aromatic N) is 2. The molecule has 4 aromatic rings. The minimum Gasteiger partial charge on any atom is -0.400 e. The molecular formula is C27H29F3IrN2O5S-2. The Kier molecular flexibility index (Phi) is 19.6. The van der Waals surface area contributed by atoms with E-state index in [9.17, 15) is 13.2 Å². The van der Waals surface area contributed by atoms with E-state index < -0.39 is 15.6 Å². The summed E-state index contributed by atoms with van der Waals surface area (Å²) >= 11 is 0. The molecule has 2 heterocycles. The van der Waals surface area contributed by atoms with Crippen LogP contribution in [0.3, 0.4) is 0 Å². The van der Waals surface area contributed by atoms with Crippen LogP contribution in [-0.4, -0.2) is 52.9 Å². The second kappa shape index (κ2) is 20.0. The second-order valence-electron chi connectivity index (χ2n) is 6.80. The predicted octanol–water partition coefficient (Wildman–Crippen LogP) is 5.32. The van der Waals surface area contributed by atoms with Gasteiger partial charge < -0.3 is 20.2 Å². The van der Waals surface area contributed by atoms with Gasteiger partial charge >= 0.3 is 15.6 Å². The summed E-state index contributed by atoms with van der Waals surface area (Å²) < 4.78 is 57.5. The Bertz CT molecular complexity index is 1210. The van der Waals surface area contributed by atoms with E-state index in [0.717, 1.165) is 48.1 Å². The van der Waals surface area contributed by atoms with Crippen LogP contribution in [-0.2, 0) is 30.2 Å². The van der Waals surface area contributed by atoms with Gasteiger partial charge in [-0.1, -0.05) is 24.3 Å². The van der Waals surface area contributed by atoms with Crippen molar-refractivity contribution in [2.45, 2.75) is 19.4 Å². The van der Waals surface area contributed by atoms with Crippen molar-refractivity contribution >= 4 is 10.1 Å². The fourth-order valence-corrected chi connectivity index (χ4v) is 2.49. The number of pyridine rings is 2. The Balaban J connectivity index is 0. The number of aryl methyl sites for hydroxylation is 2. The number of hydrogen-bond donors (Lipinski definition) is 3. The van der Waals surface area contributed by atoms with Crippen LogP contribution in [0.25, 0.3) is 22.5 Å². The molecule has 2 aromatic carbocycles. The van der Waals surface area contributed by atoms with Crippen molar-refractivity contribution in [3.8, 4) is 22.5 Å². The number of benzene rings is 2. The summed E-state index contributed by atoms with van der Waals surface area (Å²) in [5.41, 5.74) is 0.607. The maximum atomic E-state index is 10.7. The summed E-state index contributed by atoms with van der Waals surface area (Å²) in [5.74, 6) is 0. The first-order valence-corrected chi connectivity index (χ1v) is 12.2. The van der Waals surface area contributed by atoms with E-state index in [-0.39, 0.29) is 20.1 Å². The molecule has 0 atom stereocenters. The van der Waals surface area contributed by atoms with Gasteiger partial charge in [0, 0.05) is 45.7 Å². The van der Waals surface area contributed by atoms with Gasteiger partial charge in [0.05, 0.1) is 0 Å². The molecule has 3 N–H and O–H groups in total. The molecule has 12 heteroatoms. The van der Waals surface area contributed by atoms with Gasteiger partial charge in [0.1, 0.15) is 0 Å². The summed E-state index contributed by atoms with van der Waals surface area (Å²) in [4.78, 5) is 8.82. The molecule has 0 unspecified atom stereocenters. The smallest absolute Gasteiger partial charge is 0.400 e. The van der Waals surface area contributed by atoms with Crippen LogP contribution < -0.4 is 0 Å². The number of aliphatic hydroxyl groups excluding tert-OH is 2. The van der Waals surface area contributed by atoms with Gasteiger partial charge in [-0.25, -0.2) is 0 Å². The Morgan fingerprint density at radius 1 is 0.667 bits per heavy atom. The van der Waals surface area contributed by atoms with Crippen molar-refractivity contribution in [1.82, 2.24) is 9.97 Å². The van der Waals surface area contributed by atoms with Crippen molar-refractivity contribution in [3.05, 3.63) is 108 Å². The van der Waals surface area contributed by atoms with E-state index in [1.165, 1.54) is 0 Å². The zero-order valence-corrected chi connectivity index (χ0v) is 24.7. The van der Waals surface area contributed by atoms with Crippen molar-refractivity contribution in [2.24, 2.45) is 0 Å². The first-order chi connectivity index (χ1) is 18.0. The maximum Gasteiger partial charge on any atom is 0.522 e. The topological polar surface area (TPSA) is 121 Å². The SMILES string of the molecule is CO.CO.Cc1cccc(-c2[c-]cccc2)n1.Cc1cccc(-c2[c-]cccc2)n1.O=S(=O)(O)C(F)(F)F.[Ir]. The number of rotatable bonds is 2. The Labute approximate surface area is 240 Å². The van der Waals surface area contributed by atoms with E-state index in [1.807, 2.05) is 98.8 Å². The molecule has 0 amide bonds. The van der Waals surface area contributed by atoms with Gasteiger partial charge in [-0.3, -0.25) is 4.55 Å². The van der Waals surface area contributed by atoms with Crippen LogP contribution in [0.1, 0.15) is 11.4 Å². The number of halogens is 3. The Morgan fingerprint density at radius 3 is 1.23 bits per heavy atom. The van der Waals surface area contributed by atoms with Gasteiger partial charge in [-0.05, 0) is 37.4 Å². The van der Waals surface area contributed by atoms with Gasteiger partial charge in [-0.15, -0.1) is 71.8 Å². The molecule has 0 aliphatic rings. The molecular weight excluding hydrogens is 714 g/mol. The third-order valence-corrected chi connectivity index (χ3v) is 4.62. The monoisotopic (exact) mass is 743 g/mol. The van der Waals surface area contributed by atoms with Gasteiger partial charge in [0.15, 0.2) is 0 Å². The minimum absolute atomic E-state index is 0. The number of aromatic nitrogens is 2. The molecule has 4 rings (SSSR count). The molecule has 0 aliphatic heterocycles. The number of aliphatic hydroxyl groups is 2. The number of alkyl halides is 3. The van der Waals surface area contributed by atoms with E-state index >= 15 is 0 Å². The average Bonchev–Trinajstić information content (AvgIpc) is 2.92. The minimum atomic E-state index is -5.84. The van der Waals surface area contributed by atoms with Crippen molar-refractivity contribution < 1.29 is 56.5 Å². The molecule has 0 fully saturated rings. The predicted molar refractivity (Wildman–Crippen MR) is 140 cm³/mol. The van der Waals surface area contributed by atoms with Crippen LogP contribution in [0.4, 0.5) is 13.2 Å². The fraction of sp³-hybridized carbons (Fsp3) is 0.185. The number of hydrogen-bond acceptors (Lipinski definition) is 6. The summed E-state index contributed by atoms with van der Waals surface area (Å²) in [6.07, 6.45) is 0. The van der Waals surface area contributed by atoms with E-state index in [4.69, 9.17) is 23.2 Å².